The summed E-state index contributed by atoms with van der Waals surface area (Å²) in [6, 6.07) is 8.26. The standard InChI is InChI=1S/C16H17F3N4OS/c17-16(18,19)11-7-4-8-12(9-11)20-14(24)22-15-21-13(23-25-15)10-5-2-1-3-6-10/h1-3,5-6,11-12H,4,7-9H2,(H2,20,21,22,23,24). The van der Waals surface area contributed by atoms with E-state index >= 15 is 0 Å². The number of rotatable bonds is 3. The maximum atomic E-state index is 12.8. The van der Waals surface area contributed by atoms with Gasteiger partial charge in [0.25, 0.3) is 0 Å². The maximum Gasteiger partial charge on any atom is 0.391 e. The van der Waals surface area contributed by atoms with Gasteiger partial charge in [-0.2, -0.15) is 22.5 Å². The van der Waals surface area contributed by atoms with Crippen molar-refractivity contribution in [3.63, 3.8) is 0 Å². The van der Waals surface area contributed by atoms with Gasteiger partial charge in [-0.05, 0) is 19.3 Å². The number of carbonyl (C=O) groups excluding carboxylic acids is 1. The topological polar surface area (TPSA) is 66.9 Å². The van der Waals surface area contributed by atoms with Gasteiger partial charge in [0.1, 0.15) is 0 Å². The number of aromatic nitrogens is 2. The monoisotopic (exact) mass is 370 g/mol. The largest absolute Gasteiger partial charge is 0.391 e. The number of nitrogens with one attached hydrogen (secondary N) is 2. The molecule has 5 nitrogen and oxygen atoms in total. The quantitative estimate of drug-likeness (QED) is 0.839. The van der Waals surface area contributed by atoms with E-state index in [4.69, 9.17) is 0 Å². The average Bonchev–Trinajstić information content (AvgIpc) is 3.03. The molecule has 1 fully saturated rings. The Morgan fingerprint density at radius 2 is 1.96 bits per heavy atom. The Morgan fingerprint density at radius 1 is 1.20 bits per heavy atom. The number of anilines is 1. The van der Waals surface area contributed by atoms with Crippen molar-refractivity contribution in [2.75, 3.05) is 5.32 Å². The van der Waals surface area contributed by atoms with Crippen molar-refractivity contribution in [1.82, 2.24) is 14.7 Å². The molecule has 1 heterocycles. The minimum atomic E-state index is -4.21. The number of nitrogens with zero attached hydrogens (tertiary/aromatic N) is 2. The van der Waals surface area contributed by atoms with Crippen LogP contribution in [0.15, 0.2) is 30.3 Å². The smallest absolute Gasteiger partial charge is 0.335 e. The second-order valence-corrected chi connectivity index (χ2v) is 6.74. The first-order chi connectivity index (χ1) is 11.9. The van der Waals surface area contributed by atoms with Crippen LogP contribution in [0.3, 0.4) is 0 Å². The molecule has 25 heavy (non-hydrogen) atoms. The highest BCUT2D eigenvalue weighted by atomic mass is 32.1. The van der Waals surface area contributed by atoms with Crippen LogP contribution in [0.5, 0.6) is 0 Å². The van der Waals surface area contributed by atoms with Crippen molar-refractivity contribution in [3.05, 3.63) is 30.3 Å². The van der Waals surface area contributed by atoms with E-state index in [1.165, 1.54) is 0 Å². The maximum absolute atomic E-state index is 12.8. The van der Waals surface area contributed by atoms with Crippen LogP contribution in [0.25, 0.3) is 11.4 Å². The lowest BCUT2D eigenvalue weighted by atomic mass is 9.85. The van der Waals surface area contributed by atoms with E-state index in [0.717, 1.165) is 17.1 Å². The molecule has 0 aliphatic heterocycles. The molecule has 0 radical (unpaired) electrons. The van der Waals surface area contributed by atoms with Crippen molar-refractivity contribution in [3.8, 4) is 11.4 Å². The molecule has 1 aromatic heterocycles. The van der Waals surface area contributed by atoms with E-state index in [1.807, 2.05) is 30.3 Å². The number of amides is 2. The van der Waals surface area contributed by atoms with Gasteiger partial charge in [0.05, 0.1) is 5.92 Å². The first-order valence-corrected chi connectivity index (χ1v) is 8.72. The summed E-state index contributed by atoms with van der Waals surface area (Å²) in [4.78, 5) is 16.2. The second kappa shape index (κ2) is 7.38. The molecule has 2 atom stereocenters. The highest BCUT2D eigenvalue weighted by Gasteiger charge is 2.42. The molecule has 3 rings (SSSR count). The number of urea groups is 1. The molecule has 1 saturated carbocycles. The molecule has 2 aromatic rings. The lowest BCUT2D eigenvalue weighted by Gasteiger charge is -2.30. The Bertz CT molecular complexity index is 720. The van der Waals surface area contributed by atoms with Gasteiger partial charge in [-0.3, -0.25) is 5.32 Å². The van der Waals surface area contributed by atoms with Crippen molar-refractivity contribution < 1.29 is 18.0 Å². The second-order valence-electron chi connectivity index (χ2n) is 5.99. The fourth-order valence-electron chi connectivity index (χ4n) is 2.92. The molecular formula is C16H17F3N4OS. The third kappa shape index (κ3) is 4.68. The molecule has 2 unspecified atom stereocenters. The molecule has 2 amide bonds. The normalized spacial score (nSPS) is 20.9. The average molecular weight is 370 g/mol. The molecule has 0 spiro atoms. The van der Waals surface area contributed by atoms with Crippen LogP contribution in [0.2, 0.25) is 0 Å². The zero-order valence-corrected chi connectivity index (χ0v) is 14.0. The third-order valence-corrected chi connectivity index (χ3v) is 4.78. The zero-order valence-electron chi connectivity index (χ0n) is 13.2. The summed E-state index contributed by atoms with van der Waals surface area (Å²) in [6.45, 7) is 0. The Labute approximate surface area is 146 Å². The summed E-state index contributed by atoms with van der Waals surface area (Å²) in [6.07, 6.45) is -3.17. The molecular weight excluding hydrogens is 353 g/mol. The van der Waals surface area contributed by atoms with E-state index < -0.39 is 24.2 Å². The first-order valence-electron chi connectivity index (χ1n) is 7.95. The van der Waals surface area contributed by atoms with Gasteiger partial charge in [-0.15, -0.1) is 0 Å². The number of halogens is 3. The van der Waals surface area contributed by atoms with E-state index in [0.29, 0.717) is 23.8 Å². The van der Waals surface area contributed by atoms with Gasteiger partial charge in [0, 0.05) is 23.1 Å². The third-order valence-electron chi connectivity index (χ3n) is 4.15. The Kier molecular flexibility index (Phi) is 5.22. The van der Waals surface area contributed by atoms with E-state index in [9.17, 15) is 18.0 Å². The first kappa shape index (κ1) is 17.7. The van der Waals surface area contributed by atoms with Crippen LogP contribution in [0, 0.1) is 5.92 Å². The molecule has 1 aliphatic rings. The van der Waals surface area contributed by atoms with E-state index in [1.54, 1.807) is 0 Å². The van der Waals surface area contributed by atoms with E-state index in [2.05, 4.69) is 20.0 Å². The van der Waals surface area contributed by atoms with Crippen LogP contribution in [-0.4, -0.2) is 27.6 Å². The van der Waals surface area contributed by atoms with Gasteiger partial charge in [-0.25, -0.2) is 4.79 Å². The van der Waals surface area contributed by atoms with Gasteiger partial charge < -0.3 is 5.32 Å². The molecule has 9 heteroatoms. The van der Waals surface area contributed by atoms with Gasteiger partial charge >= 0.3 is 12.2 Å². The fraction of sp³-hybridized carbons (Fsp3) is 0.438. The minimum Gasteiger partial charge on any atom is -0.335 e. The Morgan fingerprint density at radius 3 is 2.68 bits per heavy atom. The van der Waals surface area contributed by atoms with Crippen molar-refractivity contribution in [1.29, 1.82) is 0 Å². The van der Waals surface area contributed by atoms with Crippen LogP contribution < -0.4 is 10.6 Å². The fourth-order valence-corrected chi connectivity index (χ4v) is 3.50. The van der Waals surface area contributed by atoms with E-state index in [-0.39, 0.29) is 12.8 Å². The molecule has 1 aliphatic carbocycles. The van der Waals surface area contributed by atoms with Gasteiger partial charge in [-0.1, -0.05) is 36.8 Å². The van der Waals surface area contributed by atoms with Gasteiger partial charge in [0.2, 0.25) is 5.13 Å². The number of hydrogen-bond acceptors (Lipinski definition) is 4. The van der Waals surface area contributed by atoms with Crippen LogP contribution in [0.1, 0.15) is 25.7 Å². The zero-order chi connectivity index (χ0) is 17.9. The lowest BCUT2D eigenvalue weighted by Crippen LogP contribution is -2.43. The number of alkyl halides is 3. The van der Waals surface area contributed by atoms with Crippen LogP contribution in [-0.2, 0) is 0 Å². The Balaban J connectivity index is 1.55. The summed E-state index contributed by atoms with van der Waals surface area (Å²) in [5.74, 6) is -0.853. The summed E-state index contributed by atoms with van der Waals surface area (Å²) in [5, 5.41) is 5.46. The highest BCUT2D eigenvalue weighted by Crippen LogP contribution is 2.37. The van der Waals surface area contributed by atoms with Crippen LogP contribution in [0.4, 0.5) is 23.1 Å². The van der Waals surface area contributed by atoms with Crippen LogP contribution >= 0.6 is 11.5 Å². The SMILES string of the molecule is O=C(Nc1nc(-c2ccccc2)ns1)NC1CCCC(C(F)(F)F)C1. The predicted molar refractivity (Wildman–Crippen MR) is 89.3 cm³/mol. The molecule has 2 N–H and O–H groups in total. The summed E-state index contributed by atoms with van der Waals surface area (Å²) in [5.41, 5.74) is 0.826. The molecule has 1 aromatic carbocycles. The van der Waals surface area contributed by atoms with Crippen molar-refractivity contribution in [2.45, 2.75) is 37.9 Å². The number of carbonyl (C=O) groups is 1. The number of hydrogen-bond donors (Lipinski definition) is 2. The Hall–Kier alpha value is -2.16. The molecule has 0 bridgehead atoms. The lowest BCUT2D eigenvalue weighted by molar-refractivity contribution is -0.183. The molecule has 0 saturated heterocycles. The van der Waals surface area contributed by atoms with Crippen molar-refractivity contribution in [2.24, 2.45) is 5.92 Å². The highest BCUT2D eigenvalue weighted by molar-refractivity contribution is 7.10. The predicted octanol–water partition coefficient (Wildman–Crippen LogP) is 4.45. The summed E-state index contributed by atoms with van der Waals surface area (Å²) in [7, 11) is 0. The summed E-state index contributed by atoms with van der Waals surface area (Å²) >= 11 is 1.03. The minimum absolute atomic E-state index is 0.0810. The summed E-state index contributed by atoms with van der Waals surface area (Å²) < 4.78 is 42.6. The van der Waals surface area contributed by atoms with Gasteiger partial charge in [0.15, 0.2) is 5.82 Å². The molecule has 134 valence electrons. The number of benzene rings is 1. The van der Waals surface area contributed by atoms with Crippen molar-refractivity contribution >= 4 is 22.7 Å².